The van der Waals surface area contributed by atoms with Crippen molar-refractivity contribution in [1.29, 1.82) is 0 Å². The molecular formula is C22H42N6O7. The van der Waals surface area contributed by atoms with Crippen molar-refractivity contribution in [3.8, 4) is 0 Å². The van der Waals surface area contributed by atoms with E-state index < -0.39 is 53.8 Å². The number of aliphatic carboxylic acids is 2. The van der Waals surface area contributed by atoms with E-state index in [-0.39, 0.29) is 31.6 Å². The van der Waals surface area contributed by atoms with Gasteiger partial charge in [0.1, 0.15) is 18.1 Å². The van der Waals surface area contributed by atoms with Crippen LogP contribution in [0.3, 0.4) is 0 Å². The van der Waals surface area contributed by atoms with Crippen LogP contribution in [0.15, 0.2) is 0 Å². The quantitative estimate of drug-likeness (QED) is 0.0963. The Balaban J connectivity index is 5.49. The third-order valence-electron chi connectivity index (χ3n) is 5.40. The van der Waals surface area contributed by atoms with E-state index in [2.05, 4.69) is 16.0 Å². The van der Waals surface area contributed by atoms with Gasteiger partial charge in [-0.05, 0) is 64.0 Å². The van der Waals surface area contributed by atoms with Crippen LogP contribution in [-0.4, -0.2) is 77.1 Å². The number of unbranched alkanes of at least 4 members (excludes halogenated alkanes) is 2. The van der Waals surface area contributed by atoms with Crippen LogP contribution in [0.1, 0.15) is 65.2 Å². The second-order valence-electron chi connectivity index (χ2n) is 8.80. The Morgan fingerprint density at radius 2 is 1.17 bits per heavy atom. The number of hydrogen-bond acceptors (Lipinski definition) is 8. The van der Waals surface area contributed by atoms with Gasteiger partial charge in [0.15, 0.2) is 0 Å². The fraction of sp³-hybridized carbons (Fsp3) is 0.773. The predicted octanol–water partition coefficient (Wildman–Crippen LogP) is -1.37. The van der Waals surface area contributed by atoms with E-state index in [9.17, 15) is 29.1 Å². The van der Waals surface area contributed by atoms with Crippen molar-refractivity contribution in [2.24, 2.45) is 23.1 Å². The van der Waals surface area contributed by atoms with Gasteiger partial charge in [0.2, 0.25) is 17.7 Å². The zero-order chi connectivity index (χ0) is 27.0. The van der Waals surface area contributed by atoms with Gasteiger partial charge in [-0.2, -0.15) is 0 Å². The first-order valence-corrected chi connectivity index (χ1v) is 12.0. The van der Waals surface area contributed by atoms with Gasteiger partial charge in [0.05, 0.1) is 6.04 Å². The Kier molecular flexibility index (Phi) is 16.2. The fourth-order valence-corrected chi connectivity index (χ4v) is 3.25. The molecule has 0 aromatic heterocycles. The van der Waals surface area contributed by atoms with Crippen molar-refractivity contribution in [3.05, 3.63) is 0 Å². The van der Waals surface area contributed by atoms with Gasteiger partial charge in [0.25, 0.3) is 0 Å². The number of carbonyl (C=O) groups excluding carboxylic acids is 3. The zero-order valence-electron chi connectivity index (χ0n) is 20.6. The van der Waals surface area contributed by atoms with Crippen LogP contribution in [0.4, 0.5) is 0 Å². The van der Waals surface area contributed by atoms with Crippen molar-refractivity contribution in [1.82, 2.24) is 16.0 Å². The summed E-state index contributed by atoms with van der Waals surface area (Å²) in [5, 5.41) is 25.8. The average Bonchev–Trinajstić information content (AvgIpc) is 2.78. The van der Waals surface area contributed by atoms with Gasteiger partial charge >= 0.3 is 11.9 Å². The summed E-state index contributed by atoms with van der Waals surface area (Å²) in [6.45, 7) is 4.07. The van der Waals surface area contributed by atoms with Crippen molar-refractivity contribution < 1.29 is 34.2 Å². The van der Waals surface area contributed by atoms with E-state index in [1.807, 2.05) is 0 Å². The van der Waals surface area contributed by atoms with E-state index >= 15 is 0 Å². The smallest absolute Gasteiger partial charge is 0.326 e. The molecule has 0 aliphatic heterocycles. The predicted molar refractivity (Wildman–Crippen MR) is 129 cm³/mol. The van der Waals surface area contributed by atoms with Crippen LogP contribution in [0.2, 0.25) is 0 Å². The molecule has 0 bridgehead atoms. The largest absolute Gasteiger partial charge is 0.481 e. The van der Waals surface area contributed by atoms with Crippen LogP contribution in [0.25, 0.3) is 0 Å². The van der Waals surface area contributed by atoms with Gasteiger partial charge in [-0.3, -0.25) is 19.2 Å². The molecule has 13 heteroatoms. The van der Waals surface area contributed by atoms with Crippen molar-refractivity contribution in [2.45, 2.75) is 89.4 Å². The summed E-state index contributed by atoms with van der Waals surface area (Å²) in [5.74, 6) is -4.64. The lowest BCUT2D eigenvalue weighted by atomic mass is 10.0. The highest BCUT2D eigenvalue weighted by Gasteiger charge is 2.31. The maximum absolute atomic E-state index is 13.0. The molecule has 11 N–H and O–H groups in total. The third kappa shape index (κ3) is 13.6. The molecule has 0 aliphatic rings. The van der Waals surface area contributed by atoms with Crippen LogP contribution in [-0.2, 0) is 24.0 Å². The number of nitrogens with two attached hydrogens (primary N) is 3. The van der Waals surface area contributed by atoms with Gasteiger partial charge in [-0.25, -0.2) is 4.79 Å². The molecule has 202 valence electrons. The van der Waals surface area contributed by atoms with E-state index in [1.54, 1.807) is 13.8 Å². The second kappa shape index (κ2) is 17.6. The molecule has 0 aromatic carbocycles. The van der Waals surface area contributed by atoms with Crippen molar-refractivity contribution in [3.63, 3.8) is 0 Å². The van der Waals surface area contributed by atoms with Gasteiger partial charge in [-0.1, -0.05) is 13.8 Å². The first kappa shape index (κ1) is 32.2. The molecular weight excluding hydrogens is 460 g/mol. The minimum Gasteiger partial charge on any atom is -0.481 e. The maximum Gasteiger partial charge on any atom is 0.326 e. The summed E-state index contributed by atoms with van der Waals surface area (Å²) in [6.07, 6.45) is 2.26. The number of nitrogens with one attached hydrogen (secondary N) is 3. The Hall–Kier alpha value is -2.77. The van der Waals surface area contributed by atoms with Crippen molar-refractivity contribution >= 4 is 29.7 Å². The number of carboxylic acids is 2. The fourth-order valence-electron chi connectivity index (χ4n) is 3.25. The summed E-state index contributed by atoms with van der Waals surface area (Å²) in [4.78, 5) is 60.6. The molecule has 4 atom stereocenters. The Morgan fingerprint density at radius 1 is 0.714 bits per heavy atom. The summed E-state index contributed by atoms with van der Waals surface area (Å²) >= 11 is 0. The van der Waals surface area contributed by atoms with Crippen LogP contribution < -0.4 is 33.2 Å². The summed E-state index contributed by atoms with van der Waals surface area (Å²) in [6, 6.07) is -4.33. The number of carboxylic acid groups (broad SMARTS) is 2. The molecule has 35 heavy (non-hydrogen) atoms. The SMILES string of the molecule is CC(C)C(NC(=O)C(CCCCN)NC(=O)C(CCCCN)NC(=O)C(N)CCC(=O)O)C(=O)O. The lowest BCUT2D eigenvalue weighted by Gasteiger charge is -2.26. The Morgan fingerprint density at radius 3 is 1.57 bits per heavy atom. The molecule has 0 aromatic rings. The second-order valence-corrected chi connectivity index (χ2v) is 8.80. The van der Waals surface area contributed by atoms with E-state index in [4.69, 9.17) is 22.3 Å². The number of rotatable bonds is 19. The van der Waals surface area contributed by atoms with E-state index in [0.29, 0.717) is 38.8 Å². The number of hydrogen-bond donors (Lipinski definition) is 8. The van der Waals surface area contributed by atoms with E-state index in [1.165, 1.54) is 0 Å². The lowest BCUT2D eigenvalue weighted by molar-refractivity contribution is -0.143. The molecule has 0 spiro atoms. The molecule has 4 unspecified atom stereocenters. The number of amides is 3. The van der Waals surface area contributed by atoms with Gasteiger partial charge in [-0.15, -0.1) is 0 Å². The first-order valence-electron chi connectivity index (χ1n) is 12.0. The summed E-state index contributed by atoms with van der Waals surface area (Å²) in [7, 11) is 0. The van der Waals surface area contributed by atoms with Crippen molar-refractivity contribution in [2.75, 3.05) is 13.1 Å². The topological polar surface area (TPSA) is 240 Å². The molecule has 0 saturated carbocycles. The molecule has 0 rings (SSSR count). The molecule has 0 saturated heterocycles. The monoisotopic (exact) mass is 502 g/mol. The highest BCUT2D eigenvalue weighted by molar-refractivity contribution is 5.94. The lowest BCUT2D eigenvalue weighted by Crippen LogP contribution is -2.57. The summed E-state index contributed by atoms with van der Waals surface area (Å²) in [5.41, 5.74) is 16.8. The molecule has 0 radical (unpaired) electrons. The van der Waals surface area contributed by atoms with E-state index in [0.717, 1.165) is 0 Å². The highest BCUT2D eigenvalue weighted by Crippen LogP contribution is 2.08. The Labute approximate surface area is 205 Å². The maximum atomic E-state index is 13.0. The Bertz CT molecular complexity index is 704. The zero-order valence-corrected chi connectivity index (χ0v) is 20.6. The molecule has 3 amide bonds. The first-order chi connectivity index (χ1) is 16.4. The minimum atomic E-state index is -1.19. The van der Waals surface area contributed by atoms with Gasteiger partial charge in [0, 0.05) is 6.42 Å². The standard InChI is InChI=1S/C22H42N6O7/c1-13(2)18(22(34)35)28-21(33)16(8-4-6-12-24)27-20(32)15(7-3-5-11-23)26-19(31)14(25)9-10-17(29)30/h13-16,18H,3-12,23-25H2,1-2H3,(H,26,31)(H,27,32)(H,28,33)(H,29,30)(H,34,35). The summed E-state index contributed by atoms with van der Waals surface area (Å²) < 4.78 is 0. The van der Waals surface area contributed by atoms with Crippen LogP contribution in [0, 0.1) is 5.92 Å². The normalized spacial score (nSPS) is 14.5. The van der Waals surface area contributed by atoms with Crippen LogP contribution >= 0.6 is 0 Å². The molecule has 0 fully saturated rings. The third-order valence-corrected chi connectivity index (χ3v) is 5.40. The molecule has 0 aliphatic carbocycles. The van der Waals surface area contributed by atoms with Gasteiger partial charge < -0.3 is 43.4 Å². The minimum absolute atomic E-state index is 0.103. The highest BCUT2D eigenvalue weighted by atomic mass is 16.4. The average molecular weight is 503 g/mol. The molecule has 0 heterocycles. The molecule has 13 nitrogen and oxygen atoms in total. The van der Waals surface area contributed by atoms with Crippen LogP contribution in [0.5, 0.6) is 0 Å². The number of carbonyl (C=O) groups is 5.